The molecule has 20 heavy (non-hydrogen) atoms. The third-order valence-corrected chi connectivity index (χ3v) is 4.02. The number of hydrogen-bond donors (Lipinski definition) is 1. The van der Waals surface area contributed by atoms with Crippen LogP contribution >= 0.6 is 15.9 Å². The molecule has 1 saturated heterocycles. The molecule has 1 aromatic carbocycles. The van der Waals surface area contributed by atoms with Crippen molar-refractivity contribution in [3.05, 3.63) is 34.1 Å². The number of ether oxygens (including phenoxy) is 1. The van der Waals surface area contributed by atoms with Crippen molar-refractivity contribution < 1.29 is 13.9 Å². The number of nitrogens with one attached hydrogen (secondary N) is 1. The van der Waals surface area contributed by atoms with Crippen molar-refractivity contribution in [3.8, 4) is 0 Å². The first-order valence-corrected chi connectivity index (χ1v) is 7.46. The Morgan fingerprint density at radius 3 is 3.15 bits per heavy atom. The van der Waals surface area contributed by atoms with E-state index >= 15 is 0 Å². The van der Waals surface area contributed by atoms with Crippen LogP contribution in [0.2, 0.25) is 0 Å². The minimum Gasteiger partial charge on any atom is -0.374 e. The van der Waals surface area contributed by atoms with Gasteiger partial charge in [0.1, 0.15) is 5.82 Å². The Bertz CT molecular complexity index is 484. The summed E-state index contributed by atoms with van der Waals surface area (Å²) in [7, 11) is 0. The van der Waals surface area contributed by atoms with Gasteiger partial charge in [0.15, 0.2) is 0 Å². The summed E-state index contributed by atoms with van der Waals surface area (Å²) >= 11 is 3.25. The zero-order valence-corrected chi connectivity index (χ0v) is 13.0. The van der Waals surface area contributed by atoms with Gasteiger partial charge in [0, 0.05) is 24.1 Å². The smallest absolute Gasteiger partial charge is 0.252 e. The monoisotopic (exact) mass is 344 g/mol. The molecule has 1 fully saturated rings. The highest BCUT2D eigenvalue weighted by Gasteiger charge is 2.20. The fourth-order valence-electron chi connectivity index (χ4n) is 2.16. The van der Waals surface area contributed by atoms with E-state index in [2.05, 4.69) is 33.1 Å². The van der Waals surface area contributed by atoms with Crippen LogP contribution in [-0.4, -0.2) is 49.7 Å². The lowest BCUT2D eigenvalue weighted by atomic mass is 10.2. The Labute approximate surface area is 126 Å². The predicted octanol–water partition coefficient (Wildman–Crippen LogP) is 2.04. The van der Waals surface area contributed by atoms with Gasteiger partial charge in [-0.2, -0.15) is 0 Å². The number of carbonyl (C=O) groups is 1. The third kappa shape index (κ3) is 4.01. The van der Waals surface area contributed by atoms with Crippen molar-refractivity contribution in [2.45, 2.75) is 13.0 Å². The summed E-state index contributed by atoms with van der Waals surface area (Å²) in [6, 6.07) is 4.06. The molecule has 1 unspecified atom stereocenters. The molecule has 6 heteroatoms. The van der Waals surface area contributed by atoms with Crippen molar-refractivity contribution in [1.82, 2.24) is 10.2 Å². The number of benzene rings is 1. The first-order valence-electron chi connectivity index (χ1n) is 6.67. The third-order valence-electron chi connectivity index (χ3n) is 3.33. The van der Waals surface area contributed by atoms with Gasteiger partial charge in [-0.3, -0.25) is 9.69 Å². The van der Waals surface area contributed by atoms with E-state index in [0.717, 1.165) is 19.6 Å². The number of hydrogen-bond acceptors (Lipinski definition) is 3. The van der Waals surface area contributed by atoms with Gasteiger partial charge in [-0.25, -0.2) is 4.39 Å². The summed E-state index contributed by atoms with van der Waals surface area (Å²) in [5.41, 5.74) is 0.299. The quantitative estimate of drug-likeness (QED) is 0.908. The van der Waals surface area contributed by atoms with Crippen molar-refractivity contribution in [1.29, 1.82) is 0 Å². The molecule has 0 radical (unpaired) electrons. The minimum absolute atomic E-state index is 0.0139. The molecule has 1 amide bonds. The SMILES string of the molecule is CCN1CCOC(CNC(=O)c2cc(F)ccc2Br)C1. The maximum atomic E-state index is 13.2. The maximum absolute atomic E-state index is 13.2. The molecule has 0 aliphatic carbocycles. The molecule has 0 saturated carbocycles. The van der Waals surface area contributed by atoms with Crippen molar-refractivity contribution >= 4 is 21.8 Å². The van der Waals surface area contributed by atoms with E-state index in [1.165, 1.54) is 18.2 Å². The lowest BCUT2D eigenvalue weighted by molar-refractivity contribution is -0.0246. The Morgan fingerprint density at radius 1 is 1.60 bits per heavy atom. The summed E-state index contributed by atoms with van der Waals surface area (Å²) < 4.78 is 19.4. The van der Waals surface area contributed by atoms with Crippen LogP contribution in [0.25, 0.3) is 0 Å². The van der Waals surface area contributed by atoms with Crippen LogP contribution in [-0.2, 0) is 4.74 Å². The zero-order valence-electron chi connectivity index (χ0n) is 11.4. The maximum Gasteiger partial charge on any atom is 0.252 e. The summed E-state index contributed by atoms with van der Waals surface area (Å²) in [4.78, 5) is 14.3. The summed E-state index contributed by atoms with van der Waals surface area (Å²) in [5.74, 6) is -0.724. The van der Waals surface area contributed by atoms with Crippen molar-refractivity contribution in [3.63, 3.8) is 0 Å². The standard InChI is InChI=1S/C14H18BrFN2O2/c1-2-18-5-6-20-11(9-18)8-17-14(19)12-7-10(16)3-4-13(12)15/h3-4,7,11H,2,5-6,8-9H2,1H3,(H,17,19). The predicted molar refractivity (Wildman–Crippen MR) is 78.3 cm³/mol. The topological polar surface area (TPSA) is 41.6 Å². The van der Waals surface area contributed by atoms with Gasteiger partial charge in [-0.1, -0.05) is 6.92 Å². The summed E-state index contributed by atoms with van der Waals surface area (Å²) in [6.07, 6.45) is -0.0139. The van der Waals surface area contributed by atoms with Crippen molar-refractivity contribution in [2.75, 3.05) is 32.8 Å². The Kier molecular flexibility index (Phi) is 5.51. The molecule has 1 aromatic rings. The van der Waals surface area contributed by atoms with E-state index in [1.54, 1.807) is 0 Å². The molecule has 2 rings (SSSR count). The first kappa shape index (κ1) is 15.4. The first-order chi connectivity index (χ1) is 9.60. The molecule has 1 atom stereocenters. The van der Waals surface area contributed by atoms with Crippen LogP contribution < -0.4 is 5.32 Å². The molecule has 0 aromatic heterocycles. The van der Waals surface area contributed by atoms with Gasteiger partial charge >= 0.3 is 0 Å². The molecule has 1 N–H and O–H groups in total. The van der Waals surface area contributed by atoms with Gasteiger partial charge in [0.05, 0.1) is 18.3 Å². The average molecular weight is 345 g/mol. The molecular formula is C14H18BrFN2O2. The lowest BCUT2D eigenvalue weighted by Gasteiger charge is -2.32. The van der Waals surface area contributed by atoms with Crippen LogP contribution in [0, 0.1) is 5.82 Å². The molecular weight excluding hydrogens is 327 g/mol. The number of amides is 1. The van der Waals surface area contributed by atoms with E-state index in [-0.39, 0.29) is 12.0 Å². The second-order valence-corrected chi connectivity index (χ2v) is 5.57. The molecule has 0 bridgehead atoms. The number of likely N-dealkylation sites (N-methyl/N-ethyl adjacent to an activating group) is 1. The molecule has 0 spiro atoms. The van der Waals surface area contributed by atoms with Crippen LogP contribution in [0.5, 0.6) is 0 Å². The van der Waals surface area contributed by atoms with Crippen LogP contribution in [0.4, 0.5) is 4.39 Å². The van der Waals surface area contributed by atoms with Gasteiger partial charge in [-0.05, 0) is 40.7 Å². The van der Waals surface area contributed by atoms with E-state index in [0.29, 0.717) is 23.2 Å². The Balaban J connectivity index is 1.90. The molecule has 110 valence electrons. The molecule has 1 heterocycles. The fourth-order valence-corrected chi connectivity index (χ4v) is 2.59. The highest BCUT2D eigenvalue weighted by Crippen LogP contribution is 2.17. The molecule has 4 nitrogen and oxygen atoms in total. The zero-order chi connectivity index (χ0) is 14.5. The Hall–Kier alpha value is -0.980. The number of nitrogens with zero attached hydrogens (tertiary/aromatic N) is 1. The summed E-state index contributed by atoms with van der Waals surface area (Å²) in [6.45, 7) is 5.92. The van der Waals surface area contributed by atoms with E-state index in [1.807, 2.05) is 0 Å². The number of halogens is 2. The van der Waals surface area contributed by atoms with Gasteiger partial charge in [-0.15, -0.1) is 0 Å². The van der Waals surface area contributed by atoms with E-state index in [4.69, 9.17) is 4.74 Å². The number of carbonyl (C=O) groups excluding carboxylic acids is 1. The van der Waals surface area contributed by atoms with Gasteiger partial charge in [0.25, 0.3) is 5.91 Å². The highest BCUT2D eigenvalue weighted by atomic mass is 79.9. The summed E-state index contributed by atoms with van der Waals surface area (Å²) in [5, 5.41) is 2.79. The van der Waals surface area contributed by atoms with Gasteiger partial charge < -0.3 is 10.1 Å². The fraction of sp³-hybridized carbons (Fsp3) is 0.500. The number of rotatable bonds is 4. The minimum atomic E-state index is -0.426. The van der Waals surface area contributed by atoms with Crippen LogP contribution in [0.1, 0.15) is 17.3 Å². The largest absolute Gasteiger partial charge is 0.374 e. The highest BCUT2D eigenvalue weighted by molar-refractivity contribution is 9.10. The van der Waals surface area contributed by atoms with Crippen molar-refractivity contribution in [2.24, 2.45) is 0 Å². The average Bonchev–Trinajstić information content (AvgIpc) is 2.47. The second kappa shape index (κ2) is 7.15. The van der Waals surface area contributed by atoms with Gasteiger partial charge in [0.2, 0.25) is 0 Å². The van der Waals surface area contributed by atoms with Crippen LogP contribution in [0.15, 0.2) is 22.7 Å². The number of morpholine rings is 1. The van der Waals surface area contributed by atoms with Crippen LogP contribution in [0.3, 0.4) is 0 Å². The van der Waals surface area contributed by atoms with E-state index < -0.39 is 5.82 Å². The normalized spacial score (nSPS) is 19.9. The van der Waals surface area contributed by atoms with E-state index in [9.17, 15) is 9.18 Å². The molecule has 1 aliphatic rings. The lowest BCUT2D eigenvalue weighted by Crippen LogP contribution is -2.47. The molecule has 1 aliphatic heterocycles. The second-order valence-electron chi connectivity index (χ2n) is 4.72. The Morgan fingerprint density at radius 2 is 2.40 bits per heavy atom.